The molecular formula is C15H16O. The molecule has 0 aliphatic carbocycles. The number of benzene rings is 2. The second kappa shape index (κ2) is 4.01. The van der Waals surface area contributed by atoms with E-state index < -0.39 is 0 Å². The second-order valence-electron chi connectivity index (χ2n) is 4.32. The molecule has 1 nitrogen and oxygen atoms in total. The Hall–Kier alpha value is -1.76. The minimum atomic E-state index is -0.345. The Morgan fingerprint density at radius 1 is 1.06 bits per heavy atom. The van der Waals surface area contributed by atoms with E-state index in [9.17, 15) is 0 Å². The summed E-state index contributed by atoms with van der Waals surface area (Å²) in [7, 11) is 0. The summed E-state index contributed by atoms with van der Waals surface area (Å²) in [4.78, 5) is 0. The Morgan fingerprint density at radius 3 is 2.50 bits per heavy atom. The van der Waals surface area contributed by atoms with Crippen molar-refractivity contribution in [1.82, 2.24) is 0 Å². The number of rotatable bonds is 3. The summed E-state index contributed by atoms with van der Waals surface area (Å²) in [6.07, 6.45) is 1.50. The van der Waals surface area contributed by atoms with Crippen molar-refractivity contribution in [2.24, 2.45) is 0 Å². The number of hydrogen-bond acceptors (Lipinski definition) is 1. The van der Waals surface area contributed by atoms with E-state index in [1.54, 1.807) is 0 Å². The maximum absolute atomic E-state index is 5.59. The molecule has 16 heavy (non-hydrogen) atoms. The first-order chi connectivity index (χ1) is 7.65. The molecule has 0 saturated heterocycles. The van der Waals surface area contributed by atoms with Crippen LogP contribution in [0.4, 0.5) is 0 Å². The van der Waals surface area contributed by atoms with Gasteiger partial charge in [-0.3, -0.25) is 0 Å². The summed E-state index contributed by atoms with van der Waals surface area (Å²) in [5.41, 5.74) is 0.841. The molecule has 0 aromatic heterocycles. The van der Waals surface area contributed by atoms with E-state index in [1.165, 1.54) is 22.6 Å². The van der Waals surface area contributed by atoms with E-state index >= 15 is 0 Å². The molecule has 0 spiro atoms. The molecule has 2 rings (SSSR count). The molecule has 0 radical (unpaired) electrons. The molecule has 0 aliphatic rings. The van der Waals surface area contributed by atoms with Gasteiger partial charge >= 0.3 is 0 Å². The van der Waals surface area contributed by atoms with Crippen molar-refractivity contribution in [3.05, 3.63) is 60.9 Å². The molecule has 0 unspecified atom stereocenters. The van der Waals surface area contributed by atoms with Crippen LogP contribution >= 0.6 is 0 Å². The first-order valence-electron chi connectivity index (χ1n) is 5.42. The first kappa shape index (κ1) is 10.7. The van der Waals surface area contributed by atoms with Crippen LogP contribution < -0.4 is 0 Å². The average molecular weight is 212 g/mol. The summed E-state index contributed by atoms with van der Waals surface area (Å²) in [6.45, 7) is 7.73. The van der Waals surface area contributed by atoms with Crippen LogP contribution in [0.5, 0.6) is 0 Å². The highest BCUT2D eigenvalue weighted by Crippen LogP contribution is 2.31. The Labute approximate surface area is 96.4 Å². The maximum Gasteiger partial charge on any atom is 0.128 e. The van der Waals surface area contributed by atoms with Crippen LogP contribution in [0.25, 0.3) is 10.8 Å². The van der Waals surface area contributed by atoms with Crippen molar-refractivity contribution >= 4 is 10.8 Å². The molecule has 2 aromatic carbocycles. The van der Waals surface area contributed by atoms with Gasteiger partial charge in [-0.2, -0.15) is 0 Å². The fourth-order valence-corrected chi connectivity index (χ4v) is 2.02. The predicted octanol–water partition coefficient (Wildman–Crippen LogP) is 4.24. The lowest BCUT2D eigenvalue weighted by molar-refractivity contribution is 0.0574. The van der Waals surface area contributed by atoms with Crippen LogP contribution in [0, 0.1) is 0 Å². The lowest BCUT2D eigenvalue weighted by atomic mass is 9.92. The smallest absolute Gasteiger partial charge is 0.128 e. The monoisotopic (exact) mass is 212 g/mol. The van der Waals surface area contributed by atoms with Crippen LogP contribution in [0.2, 0.25) is 0 Å². The van der Waals surface area contributed by atoms with E-state index in [0.717, 1.165) is 0 Å². The first-order valence-corrected chi connectivity index (χ1v) is 5.42. The van der Waals surface area contributed by atoms with Gasteiger partial charge in [0.25, 0.3) is 0 Å². The Bertz CT molecular complexity index is 506. The molecule has 2 aromatic rings. The number of hydrogen-bond donors (Lipinski definition) is 0. The summed E-state index contributed by atoms with van der Waals surface area (Å²) in [5, 5.41) is 2.47. The predicted molar refractivity (Wildman–Crippen MR) is 68.3 cm³/mol. The third-order valence-electron chi connectivity index (χ3n) is 2.82. The van der Waals surface area contributed by atoms with Gasteiger partial charge in [0, 0.05) is 5.56 Å². The van der Waals surface area contributed by atoms with Gasteiger partial charge in [-0.1, -0.05) is 49.0 Å². The third-order valence-corrected chi connectivity index (χ3v) is 2.82. The van der Waals surface area contributed by atoms with Crippen LogP contribution in [0.3, 0.4) is 0 Å². The van der Waals surface area contributed by atoms with Crippen LogP contribution in [0.1, 0.15) is 19.4 Å². The van der Waals surface area contributed by atoms with Crippen molar-refractivity contribution < 1.29 is 4.74 Å². The molecule has 0 saturated carbocycles. The zero-order chi connectivity index (χ0) is 11.6. The van der Waals surface area contributed by atoms with E-state index in [-0.39, 0.29) is 5.60 Å². The van der Waals surface area contributed by atoms with Gasteiger partial charge in [0.2, 0.25) is 0 Å². The molecule has 82 valence electrons. The molecule has 0 heterocycles. The zero-order valence-electron chi connectivity index (χ0n) is 9.73. The van der Waals surface area contributed by atoms with Crippen LogP contribution in [-0.2, 0) is 10.3 Å². The Morgan fingerprint density at radius 2 is 1.75 bits per heavy atom. The highest BCUT2D eigenvalue weighted by Gasteiger charge is 2.22. The van der Waals surface area contributed by atoms with Gasteiger partial charge < -0.3 is 4.74 Å². The van der Waals surface area contributed by atoms with Crippen molar-refractivity contribution in [2.45, 2.75) is 19.4 Å². The van der Waals surface area contributed by atoms with E-state index in [1.807, 2.05) is 6.07 Å². The van der Waals surface area contributed by atoms with Gasteiger partial charge in [-0.05, 0) is 24.6 Å². The molecular weight excluding hydrogens is 196 g/mol. The molecule has 0 aliphatic heterocycles. The number of fused-ring (bicyclic) bond motifs is 1. The molecule has 0 N–H and O–H groups in total. The summed E-state index contributed by atoms with van der Waals surface area (Å²) < 4.78 is 5.59. The van der Waals surface area contributed by atoms with Gasteiger partial charge in [0.15, 0.2) is 0 Å². The van der Waals surface area contributed by atoms with Crippen molar-refractivity contribution in [3.63, 3.8) is 0 Å². The minimum absolute atomic E-state index is 0.345. The summed E-state index contributed by atoms with van der Waals surface area (Å²) in [5.74, 6) is 0. The Balaban J connectivity index is 2.64. The van der Waals surface area contributed by atoms with Crippen LogP contribution in [-0.4, -0.2) is 0 Å². The van der Waals surface area contributed by atoms with Gasteiger partial charge in [0.1, 0.15) is 5.60 Å². The fourth-order valence-electron chi connectivity index (χ4n) is 2.02. The summed E-state index contributed by atoms with van der Waals surface area (Å²) >= 11 is 0. The van der Waals surface area contributed by atoms with Crippen molar-refractivity contribution in [3.8, 4) is 0 Å². The lowest BCUT2D eigenvalue weighted by Crippen LogP contribution is -2.19. The normalized spacial score (nSPS) is 11.4. The van der Waals surface area contributed by atoms with Crippen molar-refractivity contribution in [2.75, 3.05) is 0 Å². The quantitative estimate of drug-likeness (QED) is 0.692. The largest absolute Gasteiger partial charge is 0.491 e. The third kappa shape index (κ3) is 1.81. The average Bonchev–Trinajstić information content (AvgIpc) is 2.28. The minimum Gasteiger partial charge on any atom is -0.491 e. The number of ether oxygens (including phenoxy) is 1. The zero-order valence-corrected chi connectivity index (χ0v) is 9.73. The summed E-state index contributed by atoms with van der Waals surface area (Å²) in [6, 6.07) is 14.6. The van der Waals surface area contributed by atoms with Crippen molar-refractivity contribution in [1.29, 1.82) is 0 Å². The highest BCUT2D eigenvalue weighted by molar-refractivity contribution is 5.86. The van der Waals surface area contributed by atoms with Gasteiger partial charge in [-0.25, -0.2) is 0 Å². The maximum atomic E-state index is 5.59. The Kier molecular flexibility index (Phi) is 2.69. The van der Waals surface area contributed by atoms with E-state index in [4.69, 9.17) is 4.74 Å². The molecule has 0 fully saturated rings. The molecule has 1 heteroatoms. The van der Waals surface area contributed by atoms with Crippen LogP contribution in [0.15, 0.2) is 55.3 Å². The van der Waals surface area contributed by atoms with Gasteiger partial charge in [-0.15, -0.1) is 0 Å². The highest BCUT2D eigenvalue weighted by atomic mass is 16.5. The molecule has 0 amide bonds. The standard InChI is InChI=1S/C15H16O/c1-4-16-15(2,3)14-11-7-9-12-8-5-6-10-13(12)14/h4-11H,1H2,2-3H3. The van der Waals surface area contributed by atoms with E-state index in [0.29, 0.717) is 0 Å². The topological polar surface area (TPSA) is 9.23 Å². The SMILES string of the molecule is C=COC(C)(C)c1cccc2ccccc12. The molecule has 0 bridgehead atoms. The van der Waals surface area contributed by atoms with E-state index in [2.05, 4.69) is 56.8 Å². The second-order valence-corrected chi connectivity index (χ2v) is 4.32. The fraction of sp³-hybridized carbons (Fsp3) is 0.200. The molecule has 0 atom stereocenters. The lowest BCUT2D eigenvalue weighted by Gasteiger charge is -2.26. The van der Waals surface area contributed by atoms with Gasteiger partial charge in [0.05, 0.1) is 6.26 Å².